The topological polar surface area (TPSA) is 113 Å². The fraction of sp³-hybridized carbons (Fsp3) is 0.632. The van der Waals surface area contributed by atoms with Gasteiger partial charge in [-0.3, -0.25) is 10.1 Å². The molecule has 0 aliphatic carbocycles. The minimum atomic E-state index is -0.790. The van der Waals surface area contributed by atoms with Crippen LogP contribution in [0.2, 0.25) is 0 Å². The van der Waals surface area contributed by atoms with Crippen LogP contribution >= 0.6 is 12.2 Å². The van der Waals surface area contributed by atoms with E-state index in [1.54, 1.807) is 12.1 Å². The van der Waals surface area contributed by atoms with Crippen molar-refractivity contribution in [3.05, 3.63) is 34.4 Å². The van der Waals surface area contributed by atoms with Crippen molar-refractivity contribution in [3.8, 4) is 0 Å². The number of nitrogens with zero attached hydrogens (tertiary/aromatic N) is 1. The van der Waals surface area contributed by atoms with Crippen molar-refractivity contribution in [2.75, 3.05) is 11.9 Å². The van der Waals surface area contributed by atoms with Crippen LogP contribution in [0, 0.1) is 10.1 Å². The van der Waals surface area contributed by atoms with Crippen LogP contribution in [0.1, 0.15) is 27.7 Å². The second-order valence-corrected chi connectivity index (χ2v) is 8.78. The average molecular weight is 439 g/mol. The molecule has 3 heterocycles. The molecule has 0 spiro atoms. The van der Waals surface area contributed by atoms with Crippen molar-refractivity contribution < 1.29 is 28.6 Å². The Morgan fingerprint density at radius 3 is 2.60 bits per heavy atom. The summed E-state index contributed by atoms with van der Waals surface area (Å²) >= 11 is 5.46. The molecule has 3 saturated heterocycles. The molecule has 0 bridgehead atoms. The summed E-state index contributed by atoms with van der Waals surface area (Å²) in [6.07, 6.45) is -1.75. The molecule has 3 aliphatic heterocycles. The molecular formula is C19H25N3O7S. The van der Waals surface area contributed by atoms with E-state index in [-0.39, 0.29) is 22.9 Å². The van der Waals surface area contributed by atoms with Gasteiger partial charge < -0.3 is 34.3 Å². The first-order valence-electron chi connectivity index (χ1n) is 9.68. The molecule has 3 aliphatic rings. The predicted octanol–water partition coefficient (Wildman–Crippen LogP) is 2.28. The lowest BCUT2D eigenvalue weighted by atomic mass is 10.0. The third kappa shape index (κ3) is 4.41. The summed E-state index contributed by atoms with van der Waals surface area (Å²) in [7, 11) is 0. The largest absolute Gasteiger partial charge is 0.354 e. The van der Waals surface area contributed by atoms with Crippen LogP contribution in [0.5, 0.6) is 0 Å². The number of anilines is 1. The lowest BCUT2D eigenvalue weighted by Gasteiger charge is -2.30. The molecule has 3 fully saturated rings. The Morgan fingerprint density at radius 1 is 1.17 bits per heavy atom. The van der Waals surface area contributed by atoms with Gasteiger partial charge >= 0.3 is 0 Å². The van der Waals surface area contributed by atoms with Crippen LogP contribution in [-0.4, -0.2) is 58.9 Å². The minimum Gasteiger partial charge on any atom is -0.354 e. The van der Waals surface area contributed by atoms with Gasteiger partial charge in [0.15, 0.2) is 23.0 Å². The van der Waals surface area contributed by atoms with Gasteiger partial charge in [-0.15, -0.1) is 0 Å². The molecular weight excluding hydrogens is 414 g/mol. The highest BCUT2D eigenvalue weighted by Crippen LogP contribution is 2.40. The van der Waals surface area contributed by atoms with E-state index in [1.165, 1.54) is 12.1 Å². The molecule has 1 aromatic carbocycles. The Morgan fingerprint density at radius 2 is 1.93 bits per heavy atom. The van der Waals surface area contributed by atoms with Crippen LogP contribution in [0.4, 0.5) is 11.4 Å². The fourth-order valence-corrected chi connectivity index (χ4v) is 4.16. The predicted molar refractivity (Wildman–Crippen MR) is 110 cm³/mol. The number of non-ortho nitro benzene ring substituents is 1. The SMILES string of the molecule is CC1(C)O[C@H]2O[C@H]([C@H]3COC(C)(C)O3)[C@H](NC(=S)Nc3cccc([N+](=O)[O-])c3)[C@H]2O1. The van der Waals surface area contributed by atoms with Crippen LogP contribution in [0.25, 0.3) is 0 Å². The Labute approximate surface area is 179 Å². The maximum Gasteiger partial charge on any atom is 0.271 e. The molecule has 164 valence electrons. The lowest BCUT2D eigenvalue weighted by molar-refractivity contribution is -0.384. The molecule has 4 rings (SSSR count). The molecule has 0 saturated carbocycles. The second kappa shape index (κ2) is 7.66. The van der Waals surface area contributed by atoms with Crippen LogP contribution < -0.4 is 10.6 Å². The zero-order valence-electron chi connectivity index (χ0n) is 17.1. The molecule has 0 radical (unpaired) electrons. The summed E-state index contributed by atoms with van der Waals surface area (Å²) < 4.78 is 29.7. The third-order valence-corrected chi connectivity index (χ3v) is 5.32. The van der Waals surface area contributed by atoms with E-state index in [2.05, 4.69) is 10.6 Å². The van der Waals surface area contributed by atoms with Crippen molar-refractivity contribution >= 4 is 28.7 Å². The number of rotatable bonds is 4. The summed E-state index contributed by atoms with van der Waals surface area (Å²) in [5.41, 5.74) is 0.470. The zero-order chi connectivity index (χ0) is 21.7. The summed E-state index contributed by atoms with van der Waals surface area (Å²) in [4.78, 5) is 10.5. The average Bonchev–Trinajstić information content (AvgIpc) is 3.25. The third-order valence-electron chi connectivity index (χ3n) is 5.10. The van der Waals surface area contributed by atoms with Crippen molar-refractivity contribution in [2.24, 2.45) is 0 Å². The van der Waals surface area contributed by atoms with Crippen LogP contribution in [0.3, 0.4) is 0 Å². The summed E-state index contributed by atoms with van der Waals surface area (Å²) in [5.74, 6) is -1.50. The van der Waals surface area contributed by atoms with Gasteiger partial charge in [-0.2, -0.15) is 0 Å². The molecule has 0 aromatic heterocycles. The van der Waals surface area contributed by atoms with Gasteiger partial charge in [0, 0.05) is 17.8 Å². The molecule has 5 atom stereocenters. The van der Waals surface area contributed by atoms with Crippen molar-refractivity contribution in [1.82, 2.24) is 5.32 Å². The standard InChI is InChI=1S/C19H25N3O7S/c1-18(2)25-9-12(27-18)14-13(15-16(26-14)29-19(3,4)28-15)21-17(30)20-10-6-5-7-11(8-10)22(23)24/h5-8,12-16H,9H2,1-4H3,(H2,20,21,30)/t12-,13+,14-,15-,16-/m1/s1. The Balaban J connectivity index is 1.49. The van der Waals surface area contributed by atoms with Gasteiger partial charge in [0.25, 0.3) is 5.69 Å². The van der Waals surface area contributed by atoms with Crippen LogP contribution in [0.15, 0.2) is 24.3 Å². The van der Waals surface area contributed by atoms with E-state index >= 15 is 0 Å². The van der Waals surface area contributed by atoms with Gasteiger partial charge in [-0.25, -0.2) is 0 Å². The van der Waals surface area contributed by atoms with Gasteiger partial charge in [0.2, 0.25) is 0 Å². The van der Waals surface area contributed by atoms with E-state index in [0.717, 1.165) is 0 Å². The number of hydrogen-bond acceptors (Lipinski definition) is 8. The Bertz CT molecular complexity index is 849. The smallest absolute Gasteiger partial charge is 0.271 e. The van der Waals surface area contributed by atoms with Crippen molar-refractivity contribution in [2.45, 2.75) is 69.9 Å². The van der Waals surface area contributed by atoms with Crippen molar-refractivity contribution in [3.63, 3.8) is 0 Å². The molecule has 0 amide bonds. The molecule has 10 nitrogen and oxygen atoms in total. The lowest BCUT2D eigenvalue weighted by Crippen LogP contribution is -2.53. The number of nitrogens with one attached hydrogen (secondary N) is 2. The van der Waals surface area contributed by atoms with E-state index < -0.39 is 35.0 Å². The number of nitro groups is 1. The van der Waals surface area contributed by atoms with Gasteiger partial charge in [-0.1, -0.05) is 6.07 Å². The first kappa shape index (κ1) is 21.3. The molecule has 0 unspecified atom stereocenters. The second-order valence-electron chi connectivity index (χ2n) is 8.37. The molecule has 1 aromatic rings. The quantitative estimate of drug-likeness (QED) is 0.411. The van der Waals surface area contributed by atoms with Gasteiger partial charge in [-0.05, 0) is 46.0 Å². The summed E-state index contributed by atoms with van der Waals surface area (Å²) in [6, 6.07) is 5.73. The number of nitro benzene ring substituents is 1. The Kier molecular flexibility index (Phi) is 5.45. The highest BCUT2D eigenvalue weighted by atomic mass is 32.1. The van der Waals surface area contributed by atoms with Gasteiger partial charge in [0.05, 0.1) is 17.6 Å². The fourth-order valence-electron chi connectivity index (χ4n) is 3.91. The number of benzene rings is 1. The van der Waals surface area contributed by atoms with E-state index in [1.807, 2.05) is 27.7 Å². The first-order chi connectivity index (χ1) is 14.0. The van der Waals surface area contributed by atoms with E-state index in [0.29, 0.717) is 12.3 Å². The summed E-state index contributed by atoms with van der Waals surface area (Å²) in [6.45, 7) is 7.69. The summed E-state index contributed by atoms with van der Waals surface area (Å²) in [5, 5.41) is 17.5. The minimum absolute atomic E-state index is 0.0297. The number of fused-ring (bicyclic) bond motifs is 1. The number of ether oxygens (including phenoxy) is 5. The molecule has 30 heavy (non-hydrogen) atoms. The number of thiocarbonyl (C=S) groups is 1. The molecule has 11 heteroatoms. The Hall–Kier alpha value is -1.89. The number of hydrogen-bond donors (Lipinski definition) is 2. The monoisotopic (exact) mass is 439 g/mol. The normalized spacial score (nSPS) is 33.8. The van der Waals surface area contributed by atoms with Gasteiger partial charge in [0.1, 0.15) is 18.3 Å². The van der Waals surface area contributed by atoms with Crippen LogP contribution in [-0.2, 0) is 23.7 Å². The zero-order valence-corrected chi connectivity index (χ0v) is 17.9. The maximum atomic E-state index is 11.0. The highest BCUT2D eigenvalue weighted by molar-refractivity contribution is 7.80. The molecule has 2 N–H and O–H groups in total. The van der Waals surface area contributed by atoms with E-state index in [9.17, 15) is 10.1 Å². The highest BCUT2D eigenvalue weighted by Gasteiger charge is 2.58. The van der Waals surface area contributed by atoms with Crippen molar-refractivity contribution in [1.29, 1.82) is 0 Å². The first-order valence-corrected chi connectivity index (χ1v) is 10.1. The maximum absolute atomic E-state index is 11.0. The van der Waals surface area contributed by atoms with E-state index in [4.69, 9.17) is 35.9 Å².